The highest BCUT2D eigenvalue weighted by Gasteiger charge is 2.66. The van der Waals surface area contributed by atoms with Crippen LogP contribution in [-0.2, 0) is 0 Å². The summed E-state index contributed by atoms with van der Waals surface area (Å²) in [6, 6.07) is 0. The fourth-order valence-electron chi connectivity index (χ4n) is 2.21. The molecule has 2 aliphatic heterocycles. The van der Waals surface area contributed by atoms with E-state index in [0.29, 0.717) is 0 Å². The molecule has 0 atom stereocenters. The molecule has 0 radical (unpaired) electrons. The molecule has 62 valence electrons. The Bertz CT molecular complexity index is 163. The van der Waals surface area contributed by atoms with Crippen LogP contribution in [0, 0.1) is 0 Å². The van der Waals surface area contributed by atoms with Crippen LogP contribution in [-0.4, -0.2) is 11.3 Å². The molecule has 1 aliphatic carbocycles. The molecule has 2 saturated heterocycles. The highest BCUT2D eigenvalue weighted by molar-refractivity contribution is 5.19. The maximum atomic E-state index is 3.27. The van der Waals surface area contributed by atoms with Gasteiger partial charge in [-0.25, -0.2) is 21.7 Å². The molecule has 4 heteroatoms. The SMILES string of the molecule is C1CCC2(NN2)C2(CC1)NN2. The van der Waals surface area contributed by atoms with Gasteiger partial charge in [0.2, 0.25) is 0 Å². The van der Waals surface area contributed by atoms with Gasteiger partial charge in [-0.3, -0.25) is 0 Å². The van der Waals surface area contributed by atoms with Crippen LogP contribution in [0.2, 0.25) is 0 Å². The van der Waals surface area contributed by atoms with Crippen molar-refractivity contribution in [1.29, 1.82) is 0 Å². The van der Waals surface area contributed by atoms with E-state index >= 15 is 0 Å². The molecule has 0 amide bonds. The molecule has 0 aromatic heterocycles. The fourth-order valence-corrected chi connectivity index (χ4v) is 2.21. The first-order chi connectivity index (χ1) is 5.37. The summed E-state index contributed by atoms with van der Waals surface area (Å²) in [6.07, 6.45) is 6.53. The molecule has 0 aromatic rings. The summed E-state index contributed by atoms with van der Waals surface area (Å²) >= 11 is 0. The Hall–Kier alpha value is -0.160. The predicted molar refractivity (Wildman–Crippen MR) is 41.1 cm³/mol. The van der Waals surface area contributed by atoms with Gasteiger partial charge in [-0.1, -0.05) is 19.3 Å². The standard InChI is InChI=1S/C7H14N4/c1-2-4-6(8-9-6)7(5-3-1)10-11-7/h8-11H,1-5H2. The van der Waals surface area contributed by atoms with Crippen LogP contribution < -0.4 is 21.7 Å². The second kappa shape index (κ2) is 1.77. The maximum absolute atomic E-state index is 3.27. The van der Waals surface area contributed by atoms with Crippen LogP contribution in [0.5, 0.6) is 0 Å². The van der Waals surface area contributed by atoms with Gasteiger partial charge in [0.25, 0.3) is 0 Å². The number of rotatable bonds is 0. The number of hydrogen-bond acceptors (Lipinski definition) is 4. The summed E-state index contributed by atoms with van der Waals surface area (Å²) in [5.74, 6) is 0. The number of fused-ring (bicyclic) bond motifs is 1. The molecule has 4 nitrogen and oxygen atoms in total. The minimum Gasteiger partial charge on any atom is -0.232 e. The molecular weight excluding hydrogens is 140 g/mol. The first-order valence-electron chi connectivity index (χ1n) is 4.46. The average molecular weight is 154 g/mol. The quantitative estimate of drug-likeness (QED) is 0.356. The van der Waals surface area contributed by atoms with Crippen molar-refractivity contribution in [1.82, 2.24) is 21.7 Å². The van der Waals surface area contributed by atoms with Crippen molar-refractivity contribution in [3.8, 4) is 0 Å². The molecule has 2 spiro atoms. The van der Waals surface area contributed by atoms with E-state index in [1.807, 2.05) is 0 Å². The molecule has 0 unspecified atom stereocenters. The number of hydrazine groups is 2. The third-order valence-corrected chi connectivity index (χ3v) is 3.19. The molecular formula is C7H14N4. The average Bonchev–Trinajstić information content (AvgIpc) is 2.80. The molecule has 2 heterocycles. The van der Waals surface area contributed by atoms with Crippen molar-refractivity contribution in [2.75, 3.05) is 0 Å². The lowest BCUT2D eigenvalue weighted by atomic mass is 9.97. The van der Waals surface area contributed by atoms with E-state index in [-0.39, 0.29) is 11.3 Å². The summed E-state index contributed by atoms with van der Waals surface area (Å²) in [7, 11) is 0. The molecule has 1 saturated carbocycles. The van der Waals surface area contributed by atoms with E-state index in [1.165, 1.54) is 32.1 Å². The Morgan fingerprint density at radius 3 is 1.45 bits per heavy atom. The highest BCUT2D eigenvalue weighted by atomic mass is 15.8. The summed E-state index contributed by atoms with van der Waals surface area (Å²) < 4.78 is 0. The van der Waals surface area contributed by atoms with E-state index < -0.39 is 0 Å². The Morgan fingerprint density at radius 2 is 1.09 bits per heavy atom. The largest absolute Gasteiger partial charge is 0.232 e. The molecule has 3 aliphatic rings. The van der Waals surface area contributed by atoms with Crippen LogP contribution in [0.25, 0.3) is 0 Å². The third kappa shape index (κ3) is 0.727. The minimum absolute atomic E-state index is 0.198. The fraction of sp³-hybridized carbons (Fsp3) is 1.00. The van der Waals surface area contributed by atoms with Gasteiger partial charge in [0, 0.05) is 0 Å². The van der Waals surface area contributed by atoms with Gasteiger partial charge in [-0.15, -0.1) is 0 Å². The molecule has 0 bridgehead atoms. The Morgan fingerprint density at radius 1 is 0.636 bits per heavy atom. The summed E-state index contributed by atoms with van der Waals surface area (Å²) in [6.45, 7) is 0. The monoisotopic (exact) mass is 154 g/mol. The van der Waals surface area contributed by atoms with Crippen molar-refractivity contribution in [2.24, 2.45) is 0 Å². The van der Waals surface area contributed by atoms with Crippen molar-refractivity contribution in [3.63, 3.8) is 0 Å². The Labute approximate surface area is 66.1 Å². The molecule has 0 aromatic carbocycles. The van der Waals surface area contributed by atoms with Crippen LogP contribution in [0.4, 0.5) is 0 Å². The highest BCUT2D eigenvalue weighted by Crippen LogP contribution is 2.41. The zero-order valence-corrected chi connectivity index (χ0v) is 6.54. The third-order valence-electron chi connectivity index (χ3n) is 3.19. The number of hydrogen-bond donors (Lipinski definition) is 4. The van der Waals surface area contributed by atoms with Crippen molar-refractivity contribution in [3.05, 3.63) is 0 Å². The van der Waals surface area contributed by atoms with E-state index in [4.69, 9.17) is 0 Å². The lowest BCUT2D eigenvalue weighted by Gasteiger charge is -2.15. The number of nitrogens with one attached hydrogen (secondary N) is 4. The second-order valence-electron chi connectivity index (χ2n) is 3.87. The van der Waals surface area contributed by atoms with E-state index in [2.05, 4.69) is 21.7 Å². The Balaban J connectivity index is 1.87. The van der Waals surface area contributed by atoms with Crippen molar-refractivity contribution >= 4 is 0 Å². The first kappa shape index (κ1) is 6.37. The van der Waals surface area contributed by atoms with Gasteiger partial charge in [-0.2, -0.15) is 0 Å². The lowest BCUT2D eigenvalue weighted by molar-refractivity contribution is 0.398. The minimum atomic E-state index is 0.198. The van der Waals surface area contributed by atoms with Gasteiger partial charge < -0.3 is 0 Å². The van der Waals surface area contributed by atoms with Gasteiger partial charge in [-0.05, 0) is 12.8 Å². The Kier molecular flexibility index (Phi) is 1.02. The summed E-state index contributed by atoms with van der Waals surface area (Å²) in [5, 5.41) is 0. The molecule has 4 N–H and O–H groups in total. The second-order valence-corrected chi connectivity index (χ2v) is 3.87. The predicted octanol–water partition coefficient (Wildman–Crippen LogP) is -0.441. The van der Waals surface area contributed by atoms with Gasteiger partial charge >= 0.3 is 0 Å². The normalized spacial score (nSPS) is 37.1. The van der Waals surface area contributed by atoms with Crippen LogP contribution in [0.15, 0.2) is 0 Å². The summed E-state index contributed by atoms with van der Waals surface area (Å²) in [5.41, 5.74) is 13.5. The molecule has 3 rings (SSSR count). The molecule has 11 heavy (non-hydrogen) atoms. The van der Waals surface area contributed by atoms with Gasteiger partial charge in [0.1, 0.15) is 11.3 Å². The maximum Gasteiger partial charge on any atom is 0.128 e. The van der Waals surface area contributed by atoms with Crippen molar-refractivity contribution < 1.29 is 0 Å². The van der Waals surface area contributed by atoms with Crippen LogP contribution in [0.3, 0.4) is 0 Å². The van der Waals surface area contributed by atoms with E-state index in [1.54, 1.807) is 0 Å². The first-order valence-corrected chi connectivity index (χ1v) is 4.46. The zero-order valence-electron chi connectivity index (χ0n) is 6.54. The topological polar surface area (TPSA) is 87.8 Å². The van der Waals surface area contributed by atoms with Crippen LogP contribution >= 0.6 is 0 Å². The van der Waals surface area contributed by atoms with Gasteiger partial charge in [0.15, 0.2) is 0 Å². The summed E-state index contributed by atoms with van der Waals surface area (Å²) in [4.78, 5) is 0. The van der Waals surface area contributed by atoms with Gasteiger partial charge in [0.05, 0.1) is 0 Å². The smallest absolute Gasteiger partial charge is 0.128 e. The lowest BCUT2D eigenvalue weighted by Crippen LogP contribution is -2.41. The molecule has 3 fully saturated rings. The van der Waals surface area contributed by atoms with E-state index in [0.717, 1.165) is 0 Å². The van der Waals surface area contributed by atoms with Crippen molar-refractivity contribution in [2.45, 2.75) is 43.4 Å². The van der Waals surface area contributed by atoms with Crippen LogP contribution in [0.1, 0.15) is 32.1 Å². The van der Waals surface area contributed by atoms with E-state index in [9.17, 15) is 0 Å². The zero-order chi connectivity index (χ0) is 7.36.